The van der Waals surface area contributed by atoms with Gasteiger partial charge in [-0.05, 0) is 45.8 Å². The minimum Gasteiger partial charge on any atom is -0.444 e. The van der Waals surface area contributed by atoms with Crippen molar-refractivity contribution in [3.8, 4) is 0 Å². The van der Waals surface area contributed by atoms with E-state index in [1.807, 2.05) is 12.1 Å². The zero-order chi connectivity index (χ0) is 14.1. The van der Waals surface area contributed by atoms with Crippen molar-refractivity contribution in [3.05, 3.63) is 56.8 Å². The molecule has 0 spiro atoms. The van der Waals surface area contributed by atoms with E-state index in [9.17, 15) is 9.59 Å². The van der Waals surface area contributed by atoms with Crippen LogP contribution in [0.2, 0.25) is 0 Å². The van der Waals surface area contributed by atoms with Gasteiger partial charge in [0.25, 0.3) is 5.91 Å². The Morgan fingerprint density at radius 3 is 2.75 bits per heavy atom. The average molecular weight is 336 g/mol. The predicted octanol–water partition coefficient (Wildman–Crippen LogP) is 2.14. The second-order valence-electron chi connectivity index (χ2n) is 4.25. The molecule has 2 aromatic heterocycles. The summed E-state index contributed by atoms with van der Waals surface area (Å²) >= 11 is 3.14. The Labute approximate surface area is 121 Å². The van der Waals surface area contributed by atoms with E-state index >= 15 is 0 Å². The number of hydrogen-bond donors (Lipinski definition) is 3. The van der Waals surface area contributed by atoms with Crippen LogP contribution in [0.5, 0.6) is 0 Å². The van der Waals surface area contributed by atoms with E-state index in [0.29, 0.717) is 16.7 Å². The minimum absolute atomic E-state index is 0.244. The van der Waals surface area contributed by atoms with E-state index < -0.39 is 0 Å². The van der Waals surface area contributed by atoms with Crippen LogP contribution in [0.1, 0.15) is 16.1 Å². The van der Waals surface area contributed by atoms with Crippen LogP contribution in [0.3, 0.4) is 0 Å². The van der Waals surface area contributed by atoms with Gasteiger partial charge >= 0.3 is 5.69 Å². The Bertz CT molecular complexity index is 831. The van der Waals surface area contributed by atoms with Crippen molar-refractivity contribution in [1.82, 2.24) is 15.3 Å². The van der Waals surface area contributed by atoms with Crippen molar-refractivity contribution < 1.29 is 9.21 Å². The van der Waals surface area contributed by atoms with Crippen LogP contribution in [-0.4, -0.2) is 15.9 Å². The summed E-state index contributed by atoms with van der Waals surface area (Å²) in [6.07, 6.45) is 0. The number of rotatable bonds is 3. The zero-order valence-electron chi connectivity index (χ0n) is 10.2. The van der Waals surface area contributed by atoms with Crippen molar-refractivity contribution in [2.45, 2.75) is 6.54 Å². The van der Waals surface area contributed by atoms with E-state index in [4.69, 9.17) is 4.42 Å². The normalized spacial score (nSPS) is 10.8. The molecule has 20 heavy (non-hydrogen) atoms. The lowest BCUT2D eigenvalue weighted by molar-refractivity contribution is 0.0922. The summed E-state index contributed by atoms with van der Waals surface area (Å²) < 4.78 is 5.67. The molecule has 0 saturated carbocycles. The minimum atomic E-state index is -0.293. The fourth-order valence-corrected chi connectivity index (χ4v) is 2.20. The molecule has 1 aromatic carbocycles. The van der Waals surface area contributed by atoms with Gasteiger partial charge in [-0.25, -0.2) is 4.79 Å². The molecule has 6 nitrogen and oxygen atoms in total. The maximum absolute atomic E-state index is 11.8. The fraction of sp³-hybridized carbons (Fsp3) is 0.0769. The van der Waals surface area contributed by atoms with Crippen molar-refractivity contribution in [3.63, 3.8) is 0 Å². The predicted molar refractivity (Wildman–Crippen MR) is 76.5 cm³/mol. The van der Waals surface area contributed by atoms with Crippen molar-refractivity contribution in [2.24, 2.45) is 0 Å². The van der Waals surface area contributed by atoms with Gasteiger partial charge in [-0.1, -0.05) is 6.07 Å². The SMILES string of the molecule is O=C(NCc1ccc2[nH]c(=O)[nH]c2c1)c1ccc(Br)o1. The molecule has 0 atom stereocenters. The van der Waals surface area contributed by atoms with Crippen molar-refractivity contribution >= 4 is 32.9 Å². The molecule has 102 valence electrons. The van der Waals surface area contributed by atoms with Crippen LogP contribution in [0.15, 0.2) is 44.2 Å². The number of H-pyrrole nitrogens is 2. The van der Waals surface area contributed by atoms with E-state index in [1.54, 1.807) is 18.2 Å². The molecule has 7 heteroatoms. The highest BCUT2D eigenvalue weighted by atomic mass is 79.9. The summed E-state index contributed by atoms with van der Waals surface area (Å²) in [6.45, 7) is 0.348. The topological polar surface area (TPSA) is 90.9 Å². The van der Waals surface area contributed by atoms with E-state index in [2.05, 4.69) is 31.2 Å². The molecule has 1 amide bonds. The second kappa shape index (κ2) is 5.01. The molecule has 0 aliphatic heterocycles. The maximum Gasteiger partial charge on any atom is 0.323 e. The van der Waals surface area contributed by atoms with Gasteiger partial charge in [0.2, 0.25) is 0 Å². The average Bonchev–Trinajstić information content (AvgIpc) is 3.00. The number of benzene rings is 1. The summed E-state index contributed by atoms with van der Waals surface area (Å²) in [7, 11) is 0. The van der Waals surface area contributed by atoms with Crippen LogP contribution in [0, 0.1) is 0 Å². The molecule has 0 aliphatic carbocycles. The van der Waals surface area contributed by atoms with Gasteiger partial charge in [0.15, 0.2) is 10.4 Å². The van der Waals surface area contributed by atoms with Gasteiger partial charge in [0.1, 0.15) is 0 Å². The van der Waals surface area contributed by atoms with E-state index in [-0.39, 0.29) is 17.4 Å². The molecule has 0 unspecified atom stereocenters. The van der Waals surface area contributed by atoms with Gasteiger partial charge < -0.3 is 19.7 Å². The van der Waals surface area contributed by atoms with Crippen LogP contribution in [-0.2, 0) is 6.54 Å². The molecular formula is C13H10BrN3O3. The molecule has 2 heterocycles. The lowest BCUT2D eigenvalue weighted by Crippen LogP contribution is -2.22. The van der Waals surface area contributed by atoms with Gasteiger partial charge in [-0.2, -0.15) is 0 Å². The first kappa shape index (κ1) is 12.7. The van der Waals surface area contributed by atoms with Crippen molar-refractivity contribution in [1.29, 1.82) is 0 Å². The first-order valence-corrected chi connectivity index (χ1v) is 6.65. The molecular weight excluding hydrogens is 326 g/mol. The first-order valence-electron chi connectivity index (χ1n) is 5.86. The largest absolute Gasteiger partial charge is 0.444 e. The van der Waals surface area contributed by atoms with Gasteiger partial charge in [-0.3, -0.25) is 4.79 Å². The first-order chi connectivity index (χ1) is 9.61. The highest BCUT2D eigenvalue weighted by molar-refractivity contribution is 9.10. The summed E-state index contributed by atoms with van der Waals surface area (Å²) in [5, 5.41) is 2.74. The summed E-state index contributed by atoms with van der Waals surface area (Å²) in [6, 6.07) is 8.69. The number of carbonyl (C=O) groups excluding carboxylic acids is 1. The zero-order valence-corrected chi connectivity index (χ0v) is 11.8. The second-order valence-corrected chi connectivity index (χ2v) is 5.03. The van der Waals surface area contributed by atoms with Gasteiger partial charge in [-0.15, -0.1) is 0 Å². The van der Waals surface area contributed by atoms with Gasteiger partial charge in [0.05, 0.1) is 11.0 Å². The van der Waals surface area contributed by atoms with Gasteiger partial charge in [0, 0.05) is 6.54 Å². The Morgan fingerprint density at radius 2 is 2.00 bits per heavy atom. The smallest absolute Gasteiger partial charge is 0.323 e. The number of aromatic amines is 2. The number of nitrogens with one attached hydrogen (secondary N) is 3. The standard InChI is InChI=1S/C13H10BrN3O3/c14-11-4-3-10(20-11)12(18)15-6-7-1-2-8-9(5-7)17-13(19)16-8/h1-5H,6H2,(H,15,18)(H2,16,17,19). The fourth-order valence-electron chi connectivity index (χ4n) is 1.90. The number of carbonyl (C=O) groups is 1. The molecule has 0 radical (unpaired) electrons. The highest BCUT2D eigenvalue weighted by Gasteiger charge is 2.10. The molecule has 3 N–H and O–H groups in total. The summed E-state index contributed by atoms with van der Waals surface area (Å²) in [5.74, 6) is -0.0497. The third-order valence-electron chi connectivity index (χ3n) is 2.83. The maximum atomic E-state index is 11.8. The number of imidazole rings is 1. The molecule has 3 aromatic rings. The number of amides is 1. The summed E-state index contributed by atoms with van der Waals surface area (Å²) in [5.41, 5.74) is 2.08. The number of aromatic nitrogens is 2. The third kappa shape index (κ3) is 2.53. The molecule has 0 bridgehead atoms. The Balaban J connectivity index is 1.73. The van der Waals surface area contributed by atoms with Crippen LogP contribution < -0.4 is 11.0 Å². The summed E-state index contributed by atoms with van der Waals surface area (Å²) in [4.78, 5) is 28.3. The van der Waals surface area contributed by atoms with E-state index in [0.717, 1.165) is 11.1 Å². The molecule has 0 aliphatic rings. The monoisotopic (exact) mass is 335 g/mol. The molecule has 0 saturated heterocycles. The Hall–Kier alpha value is -2.28. The number of hydrogen-bond acceptors (Lipinski definition) is 3. The van der Waals surface area contributed by atoms with Crippen LogP contribution in [0.25, 0.3) is 11.0 Å². The lowest BCUT2D eigenvalue weighted by atomic mass is 10.2. The highest BCUT2D eigenvalue weighted by Crippen LogP contribution is 2.14. The Kier molecular flexibility index (Phi) is 3.19. The molecule has 0 fully saturated rings. The van der Waals surface area contributed by atoms with Crippen molar-refractivity contribution in [2.75, 3.05) is 0 Å². The number of halogens is 1. The number of fused-ring (bicyclic) bond motifs is 1. The third-order valence-corrected chi connectivity index (χ3v) is 3.26. The van der Waals surface area contributed by atoms with Crippen LogP contribution in [0.4, 0.5) is 0 Å². The lowest BCUT2D eigenvalue weighted by Gasteiger charge is -2.03. The Morgan fingerprint density at radius 1 is 1.20 bits per heavy atom. The van der Waals surface area contributed by atoms with Crippen LogP contribution >= 0.6 is 15.9 Å². The van der Waals surface area contributed by atoms with E-state index in [1.165, 1.54) is 0 Å². The molecule has 3 rings (SSSR count). The quantitative estimate of drug-likeness (QED) is 0.684. The number of furan rings is 1.